The summed E-state index contributed by atoms with van der Waals surface area (Å²) in [5.74, 6) is 1.17. The van der Waals surface area contributed by atoms with Gasteiger partial charge in [-0.2, -0.15) is 0 Å². The largest absolute Gasteiger partial charge is 0.490 e. The first-order valence-corrected chi connectivity index (χ1v) is 12.7. The number of nitrogens with one attached hydrogen (secondary N) is 1. The van der Waals surface area contributed by atoms with E-state index in [2.05, 4.69) is 29.3 Å². The standard InChI is InChI=1S/C27H31FN2O2S/c1-18(16-30-11-10-20-13-24(28)23(14-25(20)30)19-8-9-19)29-15-21(31)17-32-26-6-3-2-5-22(26)27-7-4-12-33-27/h2-7,12-14,18-19,21,29,31H,8-11,15-17H2,1H3/t18-,21-/m0/s1. The van der Waals surface area contributed by atoms with Crippen molar-refractivity contribution < 1.29 is 14.2 Å². The highest BCUT2D eigenvalue weighted by Crippen LogP contribution is 2.44. The van der Waals surface area contributed by atoms with Crippen LogP contribution in [-0.2, 0) is 6.42 Å². The number of aliphatic hydroxyl groups excluding tert-OH is 1. The molecule has 3 aromatic rings. The van der Waals surface area contributed by atoms with Gasteiger partial charge in [0, 0.05) is 41.8 Å². The van der Waals surface area contributed by atoms with Crippen molar-refractivity contribution in [2.24, 2.45) is 0 Å². The molecular formula is C27H31FN2O2S. The molecule has 1 saturated carbocycles. The number of hydrogen-bond donors (Lipinski definition) is 2. The maximum atomic E-state index is 14.4. The fraction of sp³-hybridized carbons (Fsp3) is 0.407. The van der Waals surface area contributed by atoms with E-state index in [1.807, 2.05) is 35.7 Å². The fourth-order valence-corrected chi connectivity index (χ4v) is 5.35. The van der Waals surface area contributed by atoms with Crippen molar-refractivity contribution >= 4 is 17.0 Å². The van der Waals surface area contributed by atoms with Gasteiger partial charge in [0.15, 0.2) is 0 Å². The summed E-state index contributed by atoms with van der Waals surface area (Å²) in [6.07, 6.45) is 2.49. The van der Waals surface area contributed by atoms with E-state index in [-0.39, 0.29) is 18.5 Å². The van der Waals surface area contributed by atoms with Crippen molar-refractivity contribution in [3.8, 4) is 16.2 Å². The molecular weight excluding hydrogens is 435 g/mol. The lowest BCUT2D eigenvalue weighted by Gasteiger charge is -2.26. The van der Waals surface area contributed by atoms with E-state index >= 15 is 0 Å². The van der Waals surface area contributed by atoms with Crippen molar-refractivity contribution in [3.63, 3.8) is 0 Å². The molecule has 2 aliphatic rings. The second-order valence-corrected chi connectivity index (χ2v) is 10.2. The van der Waals surface area contributed by atoms with Crippen LogP contribution in [0.5, 0.6) is 5.75 Å². The van der Waals surface area contributed by atoms with Gasteiger partial charge in [-0.25, -0.2) is 4.39 Å². The summed E-state index contributed by atoms with van der Waals surface area (Å²) >= 11 is 1.67. The Balaban J connectivity index is 1.12. The van der Waals surface area contributed by atoms with Gasteiger partial charge in [-0.1, -0.05) is 18.2 Å². The van der Waals surface area contributed by atoms with E-state index in [9.17, 15) is 9.50 Å². The van der Waals surface area contributed by atoms with Crippen LogP contribution in [0.25, 0.3) is 10.4 Å². The molecule has 1 fully saturated rings. The van der Waals surface area contributed by atoms with Crippen molar-refractivity contribution in [1.82, 2.24) is 5.32 Å². The maximum absolute atomic E-state index is 14.4. The molecule has 1 aromatic heterocycles. The van der Waals surface area contributed by atoms with Crippen molar-refractivity contribution in [3.05, 3.63) is 70.9 Å². The van der Waals surface area contributed by atoms with Crippen LogP contribution in [0.1, 0.15) is 36.8 Å². The molecule has 0 spiro atoms. The van der Waals surface area contributed by atoms with Gasteiger partial charge in [0.05, 0.1) is 0 Å². The summed E-state index contributed by atoms with van der Waals surface area (Å²) in [6, 6.07) is 16.1. The number of aliphatic hydroxyl groups is 1. The molecule has 5 rings (SSSR count). The maximum Gasteiger partial charge on any atom is 0.128 e. The molecule has 1 aliphatic carbocycles. The first-order chi connectivity index (χ1) is 16.1. The lowest BCUT2D eigenvalue weighted by molar-refractivity contribution is 0.104. The summed E-state index contributed by atoms with van der Waals surface area (Å²) in [5.41, 5.74) is 4.23. The Morgan fingerprint density at radius 1 is 1.21 bits per heavy atom. The lowest BCUT2D eigenvalue weighted by Crippen LogP contribution is -2.43. The monoisotopic (exact) mass is 466 g/mol. The highest BCUT2D eigenvalue weighted by molar-refractivity contribution is 7.13. The van der Waals surface area contributed by atoms with E-state index in [4.69, 9.17) is 4.74 Å². The molecule has 0 amide bonds. The zero-order valence-electron chi connectivity index (χ0n) is 19.0. The minimum Gasteiger partial charge on any atom is -0.490 e. The van der Waals surface area contributed by atoms with Crippen LogP contribution in [0.2, 0.25) is 0 Å². The van der Waals surface area contributed by atoms with E-state index in [1.54, 1.807) is 17.4 Å². The van der Waals surface area contributed by atoms with Crippen LogP contribution < -0.4 is 15.0 Å². The quantitative estimate of drug-likeness (QED) is 0.430. The Kier molecular flexibility index (Phi) is 6.67. The average molecular weight is 467 g/mol. The number of nitrogens with zero attached hydrogens (tertiary/aromatic N) is 1. The van der Waals surface area contributed by atoms with Crippen LogP contribution in [0.4, 0.5) is 10.1 Å². The Morgan fingerprint density at radius 3 is 2.85 bits per heavy atom. The molecule has 4 nitrogen and oxygen atoms in total. The number of para-hydroxylation sites is 1. The highest BCUT2D eigenvalue weighted by Gasteiger charge is 2.30. The fourth-order valence-electron chi connectivity index (χ4n) is 4.59. The second kappa shape index (κ2) is 9.84. The molecule has 2 N–H and O–H groups in total. The van der Waals surface area contributed by atoms with Crippen LogP contribution in [0.3, 0.4) is 0 Å². The van der Waals surface area contributed by atoms with Gasteiger partial charge in [0.1, 0.15) is 24.3 Å². The number of thiophene rings is 1. The van der Waals surface area contributed by atoms with Crippen LogP contribution in [-0.4, -0.2) is 43.5 Å². The molecule has 0 saturated heterocycles. The number of rotatable bonds is 10. The summed E-state index contributed by atoms with van der Waals surface area (Å²) in [5, 5.41) is 16.0. The van der Waals surface area contributed by atoms with E-state index in [0.29, 0.717) is 12.5 Å². The van der Waals surface area contributed by atoms with Crippen LogP contribution in [0, 0.1) is 5.82 Å². The van der Waals surface area contributed by atoms with E-state index in [1.165, 1.54) is 5.69 Å². The first kappa shape index (κ1) is 22.4. The number of hydrogen-bond acceptors (Lipinski definition) is 5. The summed E-state index contributed by atoms with van der Waals surface area (Å²) < 4.78 is 20.3. The Morgan fingerprint density at radius 2 is 2.06 bits per heavy atom. The second-order valence-electron chi connectivity index (χ2n) is 9.22. The van der Waals surface area contributed by atoms with Gasteiger partial charge < -0.3 is 20.1 Å². The Hall–Kier alpha value is -2.41. The van der Waals surface area contributed by atoms with Crippen molar-refractivity contribution in [1.29, 1.82) is 0 Å². The molecule has 1 aliphatic heterocycles. The topological polar surface area (TPSA) is 44.7 Å². The first-order valence-electron chi connectivity index (χ1n) is 11.8. The normalized spacial score (nSPS) is 17.1. The lowest BCUT2D eigenvalue weighted by atomic mass is 10.0. The molecule has 2 aromatic carbocycles. The zero-order valence-corrected chi connectivity index (χ0v) is 19.8. The number of fused-ring (bicyclic) bond motifs is 1. The molecule has 0 radical (unpaired) electrons. The Bertz CT molecular complexity index is 1080. The summed E-state index contributed by atoms with van der Waals surface area (Å²) in [7, 11) is 0. The van der Waals surface area contributed by atoms with Gasteiger partial charge in [-0.05, 0) is 78.9 Å². The summed E-state index contributed by atoms with van der Waals surface area (Å²) in [6.45, 7) is 4.57. The SMILES string of the molecule is C[C@@H](CN1CCc2cc(F)c(C3CC3)cc21)NC[C@H](O)COc1ccccc1-c1cccs1. The number of halogens is 1. The number of ether oxygens (including phenoxy) is 1. The van der Waals surface area contributed by atoms with Gasteiger partial charge in [0.25, 0.3) is 0 Å². The minimum absolute atomic E-state index is 0.0342. The van der Waals surface area contributed by atoms with Crippen LogP contribution in [0.15, 0.2) is 53.9 Å². The van der Waals surface area contributed by atoms with Gasteiger partial charge in [-0.15, -0.1) is 11.3 Å². The average Bonchev–Trinajstić information content (AvgIpc) is 3.37. The van der Waals surface area contributed by atoms with Gasteiger partial charge in [-0.3, -0.25) is 0 Å². The molecule has 33 heavy (non-hydrogen) atoms. The van der Waals surface area contributed by atoms with E-state index < -0.39 is 6.10 Å². The number of benzene rings is 2. The minimum atomic E-state index is -0.606. The van der Waals surface area contributed by atoms with E-state index in [0.717, 1.165) is 59.7 Å². The smallest absolute Gasteiger partial charge is 0.128 e. The summed E-state index contributed by atoms with van der Waals surface area (Å²) in [4.78, 5) is 3.50. The number of anilines is 1. The Labute approximate surface area is 199 Å². The molecule has 6 heteroatoms. The third-order valence-electron chi connectivity index (χ3n) is 6.51. The van der Waals surface area contributed by atoms with Gasteiger partial charge in [0.2, 0.25) is 0 Å². The molecule has 174 valence electrons. The molecule has 2 heterocycles. The van der Waals surface area contributed by atoms with Crippen molar-refractivity contribution in [2.75, 3.05) is 31.1 Å². The zero-order chi connectivity index (χ0) is 22.8. The highest BCUT2D eigenvalue weighted by atomic mass is 32.1. The van der Waals surface area contributed by atoms with Crippen LogP contribution >= 0.6 is 11.3 Å². The third-order valence-corrected chi connectivity index (χ3v) is 7.41. The molecule has 0 bridgehead atoms. The van der Waals surface area contributed by atoms with Gasteiger partial charge >= 0.3 is 0 Å². The third kappa shape index (κ3) is 5.24. The predicted octanol–water partition coefficient (Wildman–Crippen LogP) is 5.21. The van der Waals surface area contributed by atoms with Crippen molar-refractivity contribution in [2.45, 2.75) is 44.2 Å². The molecule has 2 atom stereocenters. The molecule has 0 unspecified atom stereocenters. The predicted molar refractivity (Wildman–Crippen MR) is 133 cm³/mol.